The molecular weight excluding hydrogens is 262 g/mol. The minimum atomic E-state index is 0.629. The molecule has 1 N–H and O–H groups in total. The maximum Gasteiger partial charge on any atom is 0.165 e. The number of para-hydroxylation sites is 1. The van der Waals surface area contributed by atoms with Crippen molar-refractivity contribution in [1.82, 2.24) is 0 Å². The molecule has 3 heteroatoms. The number of aryl methyl sites for hydroxylation is 2. The largest absolute Gasteiger partial charge is 0.493 e. The van der Waals surface area contributed by atoms with Crippen LogP contribution in [-0.4, -0.2) is 13.7 Å². The van der Waals surface area contributed by atoms with E-state index in [2.05, 4.69) is 43.4 Å². The van der Waals surface area contributed by atoms with Crippen LogP contribution in [-0.2, 0) is 6.54 Å². The van der Waals surface area contributed by atoms with Gasteiger partial charge in [0.15, 0.2) is 11.5 Å². The third-order valence-electron chi connectivity index (χ3n) is 3.55. The molecule has 3 nitrogen and oxygen atoms in total. The highest BCUT2D eigenvalue weighted by Gasteiger charge is 2.09. The van der Waals surface area contributed by atoms with Crippen LogP contribution in [0.2, 0.25) is 0 Å². The van der Waals surface area contributed by atoms with E-state index < -0.39 is 0 Å². The summed E-state index contributed by atoms with van der Waals surface area (Å²) in [5.74, 6) is 1.59. The van der Waals surface area contributed by atoms with Crippen molar-refractivity contribution in [1.29, 1.82) is 0 Å². The molecule has 0 aromatic heterocycles. The number of hydrogen-bond acceptors (Lipinski definition) is 3. The average molecular weight is 285 g/mol. The van der Waals surface area contributed by atoms with E-state index in [0.29, 0.717) is 13.2 Å². The molecule has 0 aliphatic rings. The molecule has 0 saturated carbocycles. The lowest BCUT2D eigenvalue weighted by atomic mass is 10.1. The number of ether oxygens (including phenoxy) is 2. The highest BCUT2D eigenvalue weighted by molar-refractivity contribution is 5.51. The molecule has 2 rings (SSSR count). The van der Waals surface area contributed by atoms with Gasteiger partial charge >= 0.3 is 0 Å². The van der Waals surface area contributed by atoms with Crippen LogP contribution in [0, 0.1) is 13.8 Å². The summed E-state index contributed by atoms with van der Waals surface area (Å²) in [6, 6.07) is 12.4. The lowest BCUT2D eigenvalue weighted by Gasteiger charge is -2.15. The topological polar surface area (TPSA) is 30.5 Å². The minimum absolute atomic E-state index is 0.629. The summed E-state index contributed by atoms with van der Waals surface area (Å²) in [7, 11) is 1.68. The fourth-order valence-electron chi connectivity index (χ4n) is 2.25. The second kappa shape index (κ2) is 7.02. The van der Waals surface area contributed by atoms with Crippen LogP contribution in [0.3, 0.4) is 0 Å². The number of anilines is 1. The van der Waals surface area contributed by atoms with Crippen molar-refractivity contribution < 1.29 is 9.47 Å². The lowest BCUT2D eigenvalue weighted by Crippen LogP contribution is -2.04. The fourth-order valence-corrected chi connectivity index (χ4v) is 2.25. The first-order valence-electron chi connectivity index (χ1n) is 7.25. The maximum atomic E-state index is 5.60. The van der Waals surface area contributed by atoms with Crippen LogP contribution in [0.25, 0.3) is 0 Å². The molecule has 2 aromatic rings. The molecule has 21 heavy (non-hydrogen) atoms. The third kappa shape index (κ3) is 3.69. The zero-order valence-electron chi connectivity index (χ0n) is 13.2. The van der Waals surface area contributed by atoms with E-state index in [4.69, 9.17) is 9.47 Å². The number of nitrogens with one attached hydrogen (secondary N) is 1. The Kier molecular flexibility index (Phi) is 5.09. The van der Waals surface area contributed by atoms with Gasteiger partial charge in [0.05, 0.1) is 13.7 Å². The van der Waals surface area contributed by atoms with Gasteiger partial charge in [0.1, 0.15) is 0 Å². The standard InChI is InChI=1S/C18H23NO2/c1-5-21-17-8-6-7-15(18(17)20-4)12-19-16-10-9-13(2)14(3)11-16/h6-11,19H,5,12H2,1-4H3. The van der Waals surface area contributed by atoms with Gasteiger partial charge < -0.3 is 14.8 Å². The molecule has 0 unspecified atom stereocenters. The maximum absolute atomic E-state index is 5.60. The van der Waals surface area contributed by atoms with Gasteiger partial charge in [-0.15, -0.1) is 0 Å². The number of methoxy groups -OCH3 is 1. The Morgan fingerprint density at radius 2 is 1.86 bits per heavy atom. The summed E-state index contributed by atoms with van der Waals surface area (Å²) in [4.78, 5) is 0. The molecule has 0 aliphatic heterocycles. The van der Waals surface area contributed by atoms with Crippen LogP contribution in [0.4, 0.5) is 5.69 Å². The van der Waals surface area contributed by atoms with E-state index in [1.165, 1.54) is 11.1 Å². The molecule has 0 atom stereocenters. The van der Waals surface area contributed by atoms with Crippen molar-refractivity contribution in [2.45, 2.75) is 27.3 Å². The monoisotopic (exact) mass is 285 g/mol. The van der Waals surface area contributed by atoms with Crippen LogP contribution >= 0.6 is 0 Å². The summed E-state index contributed by atoms with van der Waals surface area (Å²) in [5.41, 5.74) is 4.79. The molecule has 2 aromatic carbocycles. The van der Waals surface area contributed by atoms with Gasteiger partial charge in [-0.2, -0.15) is 0 Å². The molecule has 0 heterocycles. The van der Waals surface area contributed by atoms with E-state index >= 15 is 0 Å². The number of rotatable bonds is 6. The SMILES string of the molecule is CCOc1cccc(CNc2ccc(C)c(C)c2)c1OC. The van der Waals surface area contributed by atoms with E-state index in [0.717, 1.165) is 22.7 Å². The molecule has 0 amide bonds. The van der Waals surface area contributed by atoms with Crippen molar-refractivity contribution in [2.75, 3.05) is 19.0 Å². The molecule has 0 bridgehead atoms. The molecular formula is C18H23NO2. The smallest absolute Gasteiger partial charge is 0.165 e. The number of benzene rings is 2. The second-order valence-corrected chi connectivity index (χ2v) is 5.03. The predicted molar refractivity (Wildman–Crippen MR) is 87.4 cm³/mol. The molecule has 0 spiro atoms. The van der Waals surface area contributed by atoms with Crippen molar-refractivity contribution in [3.63, 3.8) is 0 Å². The summed E-state index contributed by atoms with van der Waals surface area (Å²) >= 11 is 0. The highest BCUT2D eigenvalue weighted by atomic mass is 16.5. The molecule has 0 aliphatic carbocycles. The molecule has 0 radical (unpaired) electrons. The Balaban J connectivity index is 2.15. The van der Waals surface area contributed by atoms with Crippen LogP contribution in [0.1, 0.15) is 23.6 Å². The van der Waals surface area contributed by atoms with Gasteiger partial charge in [0, 0.05) is 17.8 Å². The summed E-state index contributed by atoms with van der Waals surface area (Å²) in [6.07, 6.45) is 0. The fraction of sp³-hybridized carbons (Fsp3) is 0.333. The highest BCUT2D eigenvalue weighted by Crippen LogP contribution is 2.31. The minimum Gasteiger partial charge on any atom is -0.493 e. The Morgan fingerprint density at radius 3 is 2.52 bits per heavy atom. The predicted octanol–water partition coefficient (Wildman–Crippen LogP) is 4.32. The average Bonchev–Trinajstić information content (AvgIpc) is 2.49. The Morgan fingerprint density at radius 1 is 1.05 bits per heavy atom. The van der Waals surface area contributed by atoms with Crippen LogP contribution in [0.5, 0.6) is 11.5 Å². The van der Waals surface area contributed by atoms with Crippen molar-refractivity contribution in [3.8, 4) is 11.5 Å². The number of hydrogen-bond donors (Lipinski definition) is 1. The normalized spacial score (nSPS) is 10.3. The quantitative estimate of drug-likeness (QED) is 0.857. The molecule has 112 valence electrons. The van der Waals surface area contributed by atoms with Gasteiger partial charge in [-0.05, 0) is 50.1 Å². The van der Waals surface area contributed by atoms with Gasteiger partial charge in [-0.3, -0.25) is 0 Å². The van der Waals surface area contributed by atoms with Crippen LogP contribution in [0.15, 0.2) is 36.4 Å². The van der Waals surface area contributed by atoms with E-state index in [1.54, 1.807) is 7.11 Å². The summed E-state index contributed by atoms with van der Waals surface area (Å²) < 4.78 is 11.1. The Labute approximate surface area is 126 Å². The lowest BCUT2D eigenvalue weighted by molar-refractivity contribution is 0.309. The van der Waals surface area contributed by atoms with Gasteiger partial charge in [-0.25, -0.2) is 0 Å². The van der Waals surface area contributed by atoms with E-state index in [9.17, 15) is 0 Å². The first-order chi connectivity index (χ1) is 10.2. The Bertz CT molecular complexity index is 608. The molecule has 0 fully saturated rings. The Hall–Kier alpha value is -2.16. The second-order valence-electron chi connectivity index (χ2n) is 5.03. The van der Waals surface area contributed by atoms with Gasteiger partial charge in [-0.1, -0.05) is 18.2 Å². The third-order valence-corrected chi connectivity index (χ3v) is 3.55. The summed E-state index contributed by atoms with van der Waals surface area (Å²) in [6.45, 7) is 7.54. The van der Waals surface area contributed by atoms with E-state index in [-0.39, 0.29) is 0 Å². The van der Waals surface area contributed by atoms with Crippen molar-refractivity contribution >= 4 is 5.69 Å². The van der Waals surface area contributed by atoms with E-state index in [1.807, 2.05) is 19.1 Å². The van der Waals surface area contributed by atoms with Gasteiger partial charge in [0.2, 0.25) is 0 Å². The first kappa shape index (κ1) is 15.2. The van der Waals surface area contributed by atoms with Gasteiger partial charge in [0.25, 0.3) is 0 Å². The summed E-state index contributed by atoms with van der Waals surface area (Å²) in [5, 5.41) is 3.44. The van der Waals surface area contributed by atoms with Crippen molar-refractivity contribution in [2.24, 2.45) is 0 Å². The van der Waals surface area contributed by atoms with Crippen molar-refractivity contribution in [3.05, 3.63) is 53.1 Å². The zero-order chi connectivity index (χ0) is 15.2. The first-order valence-corrected chi connectivity index (χ1v) is 7.25. The van der Waals surface area contributed by atoms with Crippen LogP contribution < -0.4 is 14.8 Å². The zero-order valence-corrected chi connectivity index (χ0v) is 13.2. The molecule has 0 saturated heterocycles.